The molecule has 4 heteroatoms. The van der Waals surface area contributed by atoms with Gasteiger partial charge in [-0.1, -0.05) is 28.1 Å². The molecule has 1 aromatic carbocycles. The number of hydrogen-bond acceptors (Lipinski definition) is 3. The standard InChI is InChI=1S/C13H14BrNO2/c14-10-8-12-11(7-9(10)3-1-6-15)16-13(17-12)4-2-5-13/h1,3,7-8H,2,4-6,15H2/b3-1+. The van der Waals surface area contributed by atoms with Gasteiger partial charge < -0.3 is 15.2 Å². The molecule has 0 atom stereocenters. The number of rotatable bonds is 2. The van der Waals surface area contributed by atoms with Crippen LogP contribution in [0, 0.1) is 0 Å². The Hall–Kier alpha value is -1.00. The smallest absolute Gasteiger partial charge is 0.251 e. The first-order valence-electron chi connectivity index (χ1n) is 5.81. The Labute approximate surface area is 109 Å². The fourth-order valence-corrected chi connectivity index (χ4v) is 2.58. The average Bonchev–Trinajstić information content (AvgIpc) is 2.64. The first kappa shape index (κ1) is 11.1. The predicted octanol–water partition coefficient (Wildman–Crippen LogP) is 3.07. The van der Waals surface area contributed by atoms with Crippen molar-refractivity contribution in [2.24, 2.45) is 5.73 Å². The van der Waals surface area contributed by atoms with Gasteiger partial charge in [0, 0.05) is 23.9 Å². The summed E-state index contributed by atoms with van der Waals surface area (Å²) in [4.78, 5) is 0. The normalized spacial score (nSPS) is 19.9. The fourth-order valence-electron chi connectivity index (χ4n) is 2.12. The quantitative estimate of drug-likeness (QED) is 0.912. The SMILES string of the molecule is NC/C=C/c1cc2c(cc1Br)OC1(CCC1)O2. The first-order chi connectivity index (χ1) is 8.22. The molecule has 2 N–H and O–H groups in total. The molecule has 0 unspecified atom stereocenters. The van der Waals surface area contributed by atoms with E-state index < -0.39 is 0 Å². The van der Waals surface area contributed by atoms with E-state index in [1.165, 1.54) is 6.42 Å². The van der Waals surface area contributed by atoms with Crippen LogP contribution in [-0.4, -0.2) is 12.3 Å². The van der Waals surface area contributed by atoms with Crippen LogP contribution >= 0.6 is 15.9 Å². The van der Waals surface area contributed by atoms with Gasteiger partial charge in [0.15, 0.2) is 11.5 Å². The molecule has 3 nitrogen and oxygen atoms in total. The van der Waals surface area contributed by atoms with Crippen LogP contribution in [0.4, 0.5) is 0 Å². The molecule has 2 aliphatic rings. The van der Waals surface area contributed by atoms with E-state index in [0.717, 1.165) is 34.4 Å². The number of halogens is 1. The lowest BCUT2D eigenvalue weighted by Crippen LogP contribution is -2.45. The van der Waals surface area contributed by atoms with Crippen LogP contribution in [-0.2, 0) is 0 Å². The van der Waals surface area contributed by atoms with Crippen LogP contribution in [0.25, 0.3) is 6.08 Å². The molecular formula is C13H14BrNO2. The maximum atomic E-state index is 5.90. The van der Waals surface area contributed by atoms with Gasteiger partial charge in [-0.05, 0) is 24.1 Å². The lowest BCUT2D eigenvalue weighted by Gasteiger charge is -2.35. The Bertz CT molecular complexity index is 481. The zero-order chi connectivity index (χ0) is 11.9. The monoisotopic (exact) mass is 295 g/mol. The molecule has 0 amide bonds. The van der Waals surface area contributed by atoms with Crippen LogP contribution in [0.3, 0.4) is 0 Å². The molecule has 1 saturated carbocycles. The summed E-state index contributed by atoms with van der Waals surface area (Å²) < 4.78 is 12.8. The fraction of sp³-hybridized carbons (Fsp3) is 0.385. The van der Waals surface area contributed by atoms with E-state index in [1.54, 1.807) is 0 Å². The highest BCUT2D eigenvalue weighted by atomic mass is 79.9. The Morgan fingerprint density at radius 1 is 1.29 bits per heavy atom. The molecule has 1 fully saturated rings. The predicted molar refractivity (Wildman–Crippen MR) is 70.1 cm³/mol. The van der Waals surface area contributed by atoms with E-state index in [9.17, 15) is 0 Å². The molecule has 0 bridgehead atoms. The summed E-state index contributed by atoms with van der Waals surface area (Å²) in [5.74, 6) is 1.31. The van der Waals surface area contributed by atoms with Crippen molar-refractivity contribution in [2.75, 3.05) is 6.54 Å². The van der Waals surface area contributed by atoms with Crippen molar-refractivity contribution >= 4 is 22.0 Å². The topological polar surface area (TPSA) is 44.5 Å². The van der Waals surface area contributed by atoms with Gasteiger partial charge in [-0.15, -0.1) is 0 Å². The third-order valence-electron chi connectivity index (χ3n) is 3.20. The minimum atomic E-state index is -0.363. The average molecular weight is 296 g/mol. The summed E-state index contributed by atoms with van der Waals surface area (Å²) in [6.07, 6.45) is 7.04. The second-order valence-corrected chi connectivity index (χ2v) is 5.28. The number of nitrogens with two attached hydrogens (primary N) is 1. The summed E-state index contributed by atoms with van der Waals surface area (Å²) in [5.41, 5.74) is 6.52. The van der Waals surface area contributed by atoms with Gasteiger partial charge in [-0.25, -0.2) is 0 Å². The van der Waals surface area contributed by atoms with Gasteiger partial charge in [0.1, 0.15) is 0 Å². The lowest BCUT2D eigenvalue weighted by molar-refractivity contribution is -0.138. The Morgan fingerprint density at radius 2 is 2.00 bits per heavy atom. The van der Waals surface area contributed by atoms with E-state index in [2.05, 4.69) is 15.9 Å². The highest BCUT2D eigenvalue weighted by molar-refractivity contribution is 9.10. The molecule has 1 spiro atoms. The Kier molecular flexibility index (Phi) is 2.64. The largest absolute Gasteiger partial charge is 0.448 e. The van der Waals surface area contributed by atoms with Crippen LogP contribution in [0.5, 0.6) is 11.5 Å². The van der Waals surface area contributed by atoms with Crippen molar-refractivity contribution < 1.29 is 9.47 Å². The van der Waals surface area contributed by atoms with Crippen LogP contribution < -0.4 is 15.2 Å². The molecular weight excluding hydrogens is 282 g/mol. The maximum absolute atomic E-state index is 5.90. The molecule has 0 aromatic heterocycles. The van der Waals surface area contributed by atoms with E-state index in [1.807, 2.05) is 24.3 Å². The number of hydrogen-bond donors (Lipinski definition) is 1. The summed E-state index contributed by atoms with van der Waals surface area (Å²) >= 11 is 3.53. The molecule has 1 heterocycles. The molecule has 1 aliphatic carbocycles. The van der Waals surface area contributed by atoms with Gasteiger partial charge in [-0.3, -0.25) is 0 Å². The van der Waals surface area contributed by atoms with Crippen LogP contribution in [0.2, 0.25) is 0 Å². The second kappa shape index (κ2) is 4.03. The second-order valence-electron chi connectivity index (χ2n) is 4.43. The highest BCUT2D eigenvalue weighted by Gasteiger charge is 2.47. The Morgan fingerprint density at radius 3 is 2.59 bits per heavy atom. The van der Waals surface area contributed by atoms with Crippen molar-refractivity contribution in [3.8, 4) is 11.5 Å². The minimum absolute atomic E-state index is 0.363. The van der Waals surface area contributed by atoms with Gasteiger partial charge >= 0.3 is 0 Å². The first-order valence-corrected chi connectivity index (χ1v) is 6.60. The maximum Gasteiger partial charge on any atom is 0.251 e. The molecule has 1 aliphatic heterocycles. The highest BCUT2D eigenvalue weighted by Crippen LogP contribution is 2.49. The van der Waals surface area contributed by atoms with Crippen molar-refractivity contribution in [3.63, 3.8) is 0 Å². The zero-order valence-electron chi connectivity index (χ0n) is 9.41. The van der Waals surface area contributed by atoms with Gasteiger partial charge in [0.05, 0.1) is 0 Å². The van der Waals surface area contributed by atoms with Crippen molar-refractivity contribution in [1.82, 2.24) is 0 Å². The van der Waals surface area contributed by atoms with Crippen LogP contribution in [0.1, 0.15) is 24.8 Å². The number of benzene rings is 1. The summed E-state index contributed by atoms with van der Waals surface area (Å²) in [5, 5.41) is 0. The zero-order valence-corrected chi connectivity index (χ0v) is 11.0. The third kappa shape index (κ3) is 1.85. The number of fused-ring (bicyclic) bond motifs is 1. The molecule has 90 valence electrons. The van der Waals surface area contributed by atoms with Crippen molar-refractivity contribution in [3.05, 3.63) is 28.2 Å². The summed E-state index contributed by atoms with van der Waals surface area (Å²) in [7, 11) is 0. The Balaban J connectivity index is 1.93. The van der Waals surface area contributed by atoms with Gasteiger partial charge in [0.2, 0.25) is 0 Å². The molecule has 0 radical (unpaired) electrons. The van der Waals surface area contributed by atoms with Crippen LogP contribution in [0.15, 0.2) is 22.7 Å². The van der Waals surface area contributed by atoms with E-state index in [0.29, 0.717) is 6.54 Å². The van der Waals surface area contributed by atoms with Crippen molar-refractivity contribution in [1.29, 1.82) is 0 Å². The van der Waals surface area contributed by atoms with E-state index in [4.69, 9.17) is 15.2 Å². The number of ether oxygens (including phenoxy) is 2. The van der Waals surface area contributed by atoms with E-state index in [-0.39, 0.29) is 5.79 Å². The lowest BCUT2D eigenvalue weighted by atomic mass is 9.91. The third-order valence-corrected chi connectivity index (χ3v) is 3.89. The molecule has 3 rings (SSSR count). The van der Waals surface area contributed by atoms with Gasteiger partial charge in [0.25, 0.3) is 5.79 Å². The summed E-state index contributed by atoms with van der Waals surface area (Å²) in [6.45, 7) is 0.533. The van der Waals surface area contributed by atoms with Crippen molar-refractivity contribution in [2.45, 2.75) is 25.0 Å². The molecule has 17 heavy (non-hydrogen) atoms. The molecule has 0 saturated heterocycles. The van der Waals surface area contributed by atoms with E-state index >= 15 is 0 Å². The molecule has 1 aromatic rings. The minimum Gasteiger partial charge on any atom is -0.448 e. The summed E-state index contributed by atoms with van der Waals surface area (Å²) in [6, 6.07) is 3.97. The van der Waals surface area contributed by atoms with Gasteiger partial charge in [-0.2, -0.15) is 0 Å².